The number of aryl methyl sites for hydroxylation is 2. The molecule has 0 aliphatic rings. The van der Waals surface area contributed by atoms with Crippen molar-refractivity contribution in [3.63, 3.8) is 0 Å². The maximum atomic E-state index is 12.2. The summed E-state index contributed by atoms with van der Waals surface area (Å²) < 4.78 is 5.49. The van der Waals surface area contributed by atoms with Gasteiger partial charge in [-0.2, -0.15) is 0 Å². The number of carbonyl (C=O) groups excluding carboxylic acids is 1. The summed E-state index contributed by atoms with van der Waals surface area (Å²) in [5.41, 5.74) is 1.56. The molecule has 0 unspecified atom stereocenters. The van der Waals surface area contributed by atoms with E-state index in [1.165, 1.54) is 0 Å². The molecule has 0 radical (unpaired) electrons. The third-order valence-electron chi connectivity index (χ3n) is 4.03. The Kier molecular flexibility index (Phi) is 6.09. The summed E-state index contributed by atoms with van der Waals surface area (Å²) in [5, 5.41) is 10.9. The van der Waals surface area contributed by atoms with E-state index in [1.54, 1.807) is 6.92 Å². The van der Waals surface area contributed by atoms with Gasteiger partial charge in [-0.3, -0.25) is 14.6 Å². The minimum Gasteiger partial charge on any atom is -0.416 e. The summed E-state index contributed by atoms with van der Waals surface area (Å²) in [4.78, 5) is 40.0. The highest BCUT2D eigenvalue weighted by molar-refractivity contribution is 7.99. The monoisotopic (exact) mass is 401 g/mol. The fourth-order valence-electron chi connectivity index (χ4n) is 2.62. The zero-order valence-corrected chi connectivity index (χ0v) is 16.2. The summed E-state index contributed by atoms with van der Waals surface area (Å²) in [6.07, 6.45) is 0.904. The van der Waals surface area contributed by atoms with Gasteiger partial charge in [0.15, 0.2) is 0 Å². The largest absolute Gasteiger partial charge is 0.416 e. The molecule has 0 saturated heterocycles. The number of para-hydroxylation sites is 1. The van der Waals surface area contributed by atoms with Crippen LogP contribution in [-0.4, -0.2) is 31.8 Å². The zero-order chi connectivity index (χ0) is 20.1. The van der Waals surface area contributed by atoms with Crippen LogP contribution in [0.4, 0.5) is 5.69 Å². The molecule has 1 amide bonds. The third kappa shape index (κ3) is 4.77. The molecular formula is C18H19N5O4S. The number of H-pyrrole nitrogens is 2. The molecule has 10 heteroatoms. The van der Waals surface area contributed by atoms with Crippen LogP contribution in [0, 0.1) is 6.92 Å². The number of carbonyl (C=O) groups is 1. The van der Waals surface area contributed by atoms with Gasteiger partial charge in [0.2, 0.25) is 11.8 Å². The Morgan fingerprint density at radius 3 is 2.75 bits per heavy atom. The first-order valence-electron chi connectivity index (χ1n) is 8.61. The molecule has 1 aromatic carbocycles. The van der Waals surface area contributed by atoms with Gasteiger partial charge in [0.25, 0.3) is 10.8 Å². The van der Waals surface area contributed by atoms with Crippen LogP contribution in [0.15, 0.2) is 43.5 Å². The molecule has 2 heterocycles. The number of nitrogens with zero attached hydrogens (tertiary/aromatic N) is 2. The molecular weight excluding hydrogens is 382 g/mol. The Morgan fingerprint density at radius 2 is 2.00 bits per heavy atom. The molecule has 0 atom stereocenters. The normalized spacial score (nSPS) is 10.8. The van der Waals surface area contributed by atoms with Gasteiger partial charge in [0.1, 0.15) is 0 Å². The Morgan fingerprint density at radius 1 is 1.21 bits per heavy atom. The van der Waals surface area contributed by atoms with Gasteiger partial charge in [0.05, 0.1) is 12.2 Å². The second-order valence-electron chi connectivity index (χ2n) is 6.00. The SMILES string of the molecule is CCc1ccccc1NC(=O)CSc1nnc(Cc2c(C)[nH]c(=O)[nH]c2=O)o1. The van der Waals surface area contributed by atoms with Crippen molar-refractivity contribution in [3.05, 3.63) is 67.8 Å². The first kappa shape index (κ1) is 19.6. The van der Waals surface area contributed by atoms with Crippen LogP contribution in [0.25, 0.3) is 0 Å². The average molecular weight is 401 g/mol. The van der Waals surface area contributed by atoms with E-state index >= 15 is 0 Å². The maximum Gasteiger partial charge on any atom is 0.325 e. The Balaban J connectivity index is 1.60. The number of anilines is 1. The van der Waals surface area contributed by atoms with Gasteiger partial charge < -0.3 is 14.7 Å². The molecule has 9 nitrogen and oxygen atoms in total. The van der Waals surface area contributed by atoms with Crippen LogP contribution < -0.4 is 16.6 Å². The molecule has 0 aliphatic carbocycles. The van der Waals surface area contributed by atoms with Gasteiger partial charge in [-0.05, 0) is 25.0 Å². The molecule has 0 aliphatic heterocycles. The molecule has 0 spiro atoms. The number of hydrogen-bond acceptors (Lipinski definition) is 7. The van der Waals surface area contributed by atoms with E-state index in [0.29, 0.717) is 11.3 Å². The molecule has 0 fully saturated rings. The molecule has 0 saturated carbocycles. The predicted molar refractivity (Wildman–Crippen MR) is 105 cm³/mol. The van der Waals surface area contributed by atoms with Crippen molar-refractivity contribution in [1.82, 2.24) is 20.2 Å². The van der Waals surface area contributed by atoms with Gasteiger partial charge in [-0.1, -0.05) is 36.9 Å². The minimum absolute atomic E-state index is 0.0849. The number of hydrogen-bond donors (Lipinski definition) is 3. The molecule has 2 aromatic heterocycles. The van der Waals surface area contributed by atoms with E-state index in [2.05, 4.69) is 25.5 Å². The number of thioether (sulfide) groups is 1. The second kappa shape index (κ2) is 8.70. The number of nitrogens with one attached hydrogen (secondary N) is 3. The Bertz CT molecular complexity index is 1100. The van der Waals surface area contributed by atoms with Gasteiger partial charge in [-0.15, -0.1) is 10.2 Å². The fourth-order valence-corrected chi connectivity index (χ4v) is 3.20. The average Bonchev–Trinajstić information content (AvgIpc) is 3.11. The van der Waals surface area contributed by atoms with Crippen LogP contribution in [0.5, 0.6) is 0 Å². The van der Waals surface area contributed by atoms with Crippen molar-refractivity contribution >= 4 is 23.4 Å². The maximum absolute atomic E-state index is 12.2. The van der Waals surface area contributed by atoms with Crippen molar-refractivity contribution in [2.24, 2.45) is 0 Å². The molecule has 3 rings (SSSR count). The number of aromatic nitrogens is 4. The highest BCUT2D eigenvalue weighted by Gasteiger charge is 2.14. The van der Waals surface area contributed by atoms with Crippen LogP contribution >= 0.6 is 11.8 Å². The summed E-state index contributed by atoms with van der Waals surface area (Å²) in [6, 6.07) is 7.62. The topological polar surface area (TPSA) is 134 Å². The lowest BCUT2D eigenvalue weighted by molar-refractivity contribution is -0.113. The highest BCUT2D eigenvalue weighted by Crippen LogP contribution is 2.19. The van der Waals surface area contributed by atoms with E-state index in [0.717, 1.165) is 29.4 Å². The van der Waals surface area contributed by atoms with Crippen LogP contribution in [0.1, 0.15) is 29.6 Å². The van der Waals surface area contributed by atoms with Crippen LogP contribution in [0.2, 0.25) is 0 Å². The van der Waals surface area contributed by atoms with E-state index in [9.17, 15) is 14.4 Å². The first-order valence-corrected chi connectivity index (χ1v) is 9.59. The van der Waals surface area contributed by atoms with E-state index < -0.39 is 11.2 Å². The van der Waals surface area contributed by atoms with Crippen molar-refractivity contribution in [3.8, 4) is 0 Å². The molecule has 3 N–H and O–H groups in total. The Hall–Kier alpha value is -3.14. The van der Waals surface area contributed by atoms with Crippen molar-refractivity contribution in [1.29, 1.82) is 0 Å². The summed E-state index contributed by atoms with van der Waals surface area (Å²) in [6.45, 7) is 3.64. The van der Waals surface area contributed by atoms with Gasteiger partial charge >= 0.3 is 5.69 Å². The molecule has 0 bridgehead atoms. The summed E-state index contributed by atoms with van der Waals surface area (Å²) in [5.74, 6) is 0.149. The number of aromatic amines is 2. The lowest BCUT2D eigenvalue weighted by Crippen LogP contribution is -2.27. The standard InChI is InChI=1S/C18H19N5O4S/c1-3-11-6-4-5-7-13(11)20-14(24)9-28-18-23-22-15(27-18)8-12-10(2)19-17(26)21-16(12)25/h4-7H,3,8-9H2,1-2H3,(H,20,24)(H2,19,21,25,26). The fraction of sp³-hybridized carbons (Fsp3) is 0.278. The number of amides is 1. The molecule has 146 valence electrons. The smallest absolute Gasteiger partial charge is 0.325 e. The number of benzene rings is 1. The lowest BCUT2D eigenvalue weighted by atomic mass is 10.1. The Labute approximate surface area is 164 Å². The second-order valence-corrected chi connectivity index (χ2v) is 6.92. The van der Waals surface area contributed by atoms with E-state index in [4.69, 9.17) is 4.42 Å². The third-order valence-corrected chi connectivity index (χ3v) is 4.85. The quantitative estimate of drug-likeness (QED) is 0.512. The highest BCUT2D eigenvalue weighted by atomic mass is 32.2. The van der Waals surface area contributed by atoms with Gasteiger partial charge in [0, 0.05) is 16.9 Å². The van der Waals surface area contributed by atoms with Crippen molar-refractivity contribution in [2.45, 2.75) is 31.9 Å². The van der Waals surface area contributed by atoms with Crippen LogP contribution in [-0.2, 0) is 17.6 Å². The van der Waals surface area contributed by atoms with Crippen LogP contribution in [0.3, 0.4) is 0 Å². The lowest BCUT2D eigenvalue weighted by Gasteiger charge is -2.08. The zero-order valence-electron chi connectivity index (χ0n) is 15.4. The number of rotatable bonds is 7. The molecule has 28 heavy (non-hydrogen) atoms. The molecule has 3 aromatic rings. The summed E-state index contributed by atoms with van der Waals surface area (Å²) >= 11 is 1.11. The summed E-state index contributed by atoms with van der Waals surface area (Å²) in [7, 11) is 0. The van der Waals surface area contributed by atoms with Gasteiger partial charge in [-0.25, -0.2) is 4.79 Å². The van der Waals surface area contributed by atoms with Crippen molar-refractivity contribution < 1.29 is 9.21 Å². The predicted octanol–water partition coefficient (Wildman–Crippen LogP) is 1.64. The van der Waals surface area contributed by atoms with E-state index in [1.807, 2.05) is 31.2 Å². The van der Waals surface area contributed by atoms with E-state index in [-0.39, 0.29) is 29.2 Å². The minimum atomic E-state index is -0.566. The first-order chi connectivity index (χ1) is 13.5. The van der Waals surface area contributed by atoms with Crippen molar-refractivity contribution in [2.75, 3.05) is 11.1 Å².